The Labute approximate surface area is 315 Å². The number of ether oxygens (including phenoxy) is 2. The molecule has 2 N–H and O–H groups in total. The van der Waals surface area contributed by atoms with Gasteiger partial charge in [0.15, 0.2) is 0 Å². The highest BCUT2D eigenvalue weighted by Gasteiger charge is 2.68. The number of hydrogen-bond donors (Lipinski definition) is 2. The Kier molecular flexibility index (Phi) is 11.1. The quantitative estimate of drug-likeness (QED) is 0.195. The molecule has 9 rings (SSSR count). The smallest absolute Gasteiger partial charge is 0.312 e. The molecule has 0 heterocycles. The summed E-state index contributed by atoms with van der Waals surface area (Å²) in [7, 11) is 0. The number of benzene rings is 1. The van der Waals surface area contributed by atoms with Crippen LogP contribution in [0.25, 0.3) is 0 Å². The Morgan fingerprint density at radius 2 is 1.33 bits per heavy atom. The lowest BCUT2D eigenvalue weighted by Crippen LogP contribution is -2.61. The average molecular weight is 721 g/mol. The topological polar surface area (TPSA) is 93.1 Å². The summed E-state index contributed by atoms with van der Waals surface area (Å²) in [6.45, 7) is 18.7. The van der Waals surface area contributed by atoms with Crippen molar-refractivity contribution in [3.63, 3.8) is 0 Å². The summed E-state index contributed by atoms with van der Waals surface area (Å²) >= 11 is 0. The van der Waals surface area contributed by atoms with Crippen LogP contribution < -0.4 is 0 Å². The summed E-state index contributed by atoms with van der Waals surface area (Å²) in [5.41, 5.74) is -0.488. The van der Waals surface area contributed by atoms with E-state index in [1.807, 2.05) is 46.8 Å². The predicted octanol–water partition coefficient (Wildman–Crippen LogP) is 10.8. The minimum Gasteiger partial charge on any atom is -0.508 e. The molecule has 0 radical (unpaired) electrons. The molecular formula is C46H72O6. The first-order valence-electron chi connectivity index (χ1n) is 21.4. The number of aromatic hydroxyl groups is 1. The number of aliphatic hydroxyl groups is 1. The second kappa shape index (κ2) is 14.5. The van der Waals surface area contributed by atoms with Crippen molar-refractivity contribution in [2.45, 2.75) is 181 Å². The van der Waals surface area contributed by atoms with Gasteiger partial charge in [-0.15, -0.1) is 0 Å². The zero-order valence-electron chi connectivity index (χ0n) is 34.1. The second-order valence-corrected chi connectivity index (χ2v) is 20.2. The number of phenols is 1. The fourth-order valence-corrected chi connectivity index (χ4v) is 12.5. The Bertz CT molecular complexity index is 1410. The first kappa shape index (κ1) is 39.6. The van der Waals surface area contributed by atoms with Crippen LogP contribution in [0.5, 0.6) is 5.75 Å². The van der Waals surface area contributed by atoms with Crippen LogP contribution >= 0.6 is 0 Å². The lowest BCUT2D eigenvalue weighted by atomic mass is 9.52. The van der Waals surface area contributed by atoms with Gasteiger partial charge in [-0.2, -0.15) is 0 Å². The molecule has 8 saturated carbocycles. The maximum absolute atomic E-state index is 12.7. The number of phenolic OH excluding ortho intramolecular Hbond substituents is 1. The van der Waals surface area contributed by atoms with E-state index in [0.717, 1.165) is 87.4 Å². The van der Waals surface area contributed by atoms with Crippen LogP contribution in [0.2, 0.25) is 0 Å². The largest absolute Gasteiger partial charge is 0.508 e. The minimum absolute atomic E-state index is 0.0455. The van der Waals surface area contributed by atoms with Crippen LogP contribution in [0.3, 0.4) is 0 Å². The number of fused-ring (bicyclic) bond motifs is 9. The number of hydrogen-bond acceptors (Lipinski definition) is 6. The van der Waals surface area contributed by atoms with Gasteiger partial charge in [0, 0.05) is 12.3 Å². The molecule has 1 aromatic carbocycles. The highest BCUT2D eigenvalue weighted by atomic mass is 16.6. The van der Waals surface area contributed by atoms with Gasteiger partial charge >= 0.3 is 11.9 Å². The maximum atomic E-state index is 12.7. The van der Waals surface area contributed by atoms with Gasteiger partial charge < -0.3 is 19.7 Å². The van der Waals surface area contributed by atoms with Crippen molar-refractivity contribution < 1.29 is 29.3 Å². The van der Waals surface area contributed by atoms with Crippen molar-refractivity contribution in [1.82, 2.24) is 0 Å². The highest BCUT2D eigenvalue weighted by Crippen LogP contribution is 2.71. The normalized spacial score (nSPS) is 39.6. The Hall–Kier alpha value is -2.08. The molecule has 8 fully saturated rings. The van der Waals surface area contributed by atoms with E-state index in [-0.39, 0.29) is 28.6 Å². The van der Waals surface area contributed by atoms with Gasteiger partial charge in [0.05, 0.1) is 16.4 Å². The number of esters is 2. The summed E-state index contributed by atoms with van der Waals surface area (Å²) < 4.78 is 12.3. The SMILES string of the molecule is CCC(C)(C)C(=O)OC1(CC)CC2CC1C1C3CCC(C3)C21.CCC(C)(C)C(=O)OC12CC3CC(CC(O)(C3)C1)C2.CCC(C)c1ccc(O)cc1. The van der Waals surface area contributed by atoms with E-state index in [2.05, 4.69) is 27.7 Å². The van der Waals surface area contributed by atoms with Gasteiger partial charge in [-0.3, -0.25) is 9.59 Å². The fourth-order valence-electron chi connectivity index (χ4n) is 12.5. The zero-order chi connectivity index (χ0) is 37.9. The molecule has 8 aliphatic rings. The number of carbonyl (C=O) groups is 2. The van der Waals surface area contributed by atoms with E-state index in [1.165, 1.54) is 37.7 Å². The summed E-state index contributed by atoms with van der Waals surface area (Å²) in [5.74, 6) is 7.38. The van der Waals surface area contributed by atoms with E-state index >= 15 is 0 Å². The van der Waals surface area contributed by atoms with Crippen LogP contribution in [0.4, 0.5) is 0 Å². The molecule has 6 heteroatoms. The monoisotopic (exact) mass is 721 g/mol. The maximum Gasteiger partial charge on any atom is 0.312 e. The summed E-state index contributed by atoms with van der Waals surface area (Å²) in [6.07, 6.45) is 16.4. The minimum atomic E-state index is -0.555. The molecule has 10 unspecified atom stereocenters. The standard InChI is InChI=1S/C20H32O2.C16H26O3.C10H14O/c1-5-19(3,4)18(21)22-20(6-2)11-14-10-15(20)17-13-8-7-12(9-13)16(14)17;1-4-14(2,3)13(17)19-16-8-11-5-12(9-16)7-15(18,6-11)10-16;1-3-8(2)9-4-6-10(11)7-5-9/h12-17H,5-11H2,1-4H3;11-12,18H,4-10H2,1-3H3;4-8,11H,3H2,1-2H3. The Balaban J connectivity index is 0.000000142. The van der Waals surface area contributed by atoms with Gasteiger partial charge in [0.2, 0.25) is 0 Å². The molecular weight excluding hydrogens is 649 g/mol. The molecule has 0 aromatic heterocycles. The van der Waals surface area contributed by atoms with Crippen LogP contribution in [0.15, 0.2) is 24.3 Å². The molecule has 0 aliphatic heterocycles. The van der Waals surface area contributed by atoms with E-state index in [1.54, 1.807) is 12.1 Å². The van der Waals surface area contributed by atoms with Gasteiger partial charge in [-0.05, 0) is 183 Å². The van der Waals surface area contributed by atoms with Gasteiger partial charge in [0.25, 0.3) is 0 Å². The van der Waals surface area contributed by atoms with Crippen molar-refractivity contribution >= 4 is 11.9 Å². The van der Waals surface area contributed by atoms with Crippen LogP contribution in [0.1, 0.15) is 170 Å². The summed E-state index contributed by atoms with van der Waals surface area (Å²) in [4.78, 5) is 25.1. The van der Waals surface area contributed by atoms with Crippen molar-refractivity contribution in [2.24, 2.45) is 58.2 Å². The first-order valence-corrected chi connectivity index (χ1v) is 21.4. The molecule has 6 nitrogen and oxygen atoms in total. The van der Waals surface area contributed by atoms with Crippen molar-refractivity contribution in [3.05, 3.63) is 29.8 Å². The molecule has 0 saturated heterocycles. The van der Waals surface area contributed by atoms with Crippen molar-refractivity contribution in [1.29, 1.82) is 0 Å². The average Bonchev–Trinajstić information content (AvgIpc) is 3.88. The third kappa shape index (κ3) is 7.46. The molecule has 52 heavy (non-hydrogen) atoms. The summed E-state index contributed by atoms with van der Waals surface area (Å²) in [6, 6.07) is 7.43. The van der Waals surface area contributed by atoms with Crippen LogP contribution in [-0.4, -0.2) is 39.0 Å². The van der Waals surface area contributed by atoms with Crippen molar-refractivity contribution in [2.75, 3.05) is 0 Å². The van der Waals surface area contributed by atoms with Gasteiger partial charge in [0.1, 0.15) is 17.0 Å². The third-order valence-corrected chi connectivity index (χ3v) is 16.0. The van der Waals surface area contributed by atoms with Gasteiger partial charge in [-0.1, -0.05) is 46.8 Å². The summed E-state index contributed by atoms with van der Waals surface area (Å²) in [5, 5.41) is 19.7. The first-order chi connectivity index (χ1) is 24.4. The Morgan fingerprint density at radius 3 is 1.85 bits per heavy atom. The molecule has 292 valence electrons. The fraction of sp³-hybridized carbons (Fsp3) is 0.826. The third-order valence-electron chi connectivity index (χ3n) is 16.0. The molecule has 10 atom stereocenters. The van der Waals surface area contributed by atoms with E-state index < -0.39 is 11.0 Å². The highest BCUT2D eigenvalue weighted by molar-refractivity contribution is 5.77. The van der Waals surface area contributed by atoms with Crippen molar-refractivity contribution in [3.8, 4) is 5.75 Å². The van der Waals surface area contributed by atoms with Gasteiger partial charge in [-0.25, -0.2) is 0 Å². The van der Waals surface area contributed by atoms with Crippen LogP contribution in [0, 0.1) is 58.2 Å². The van der Waals surface area contributed by atoms with Crippen LogP contribution in [-0.2, 0) is 19.1 Å². The number of rotatable bonds is 9. The second-order valence-electron chi connectivity index (χ2n) is 20.2. The predicted molar refractivity (Wildman–Crippen MR) is 207 cm³/mol. The molecule has 1 aromatic rings. The van der Waals surface area contributed by atoms with E-state index in [4.69, 9.17) is 14.6 Å². The lowest BCUT2D eigenvalue weighted by molar-refractivity contribution is -0.225. The molecule has 8 bridgehead atoms. The number of carbonyl (C=O) groups excluding carboxylic acids is 2. The molecule has 8 aliphatic carbocycles. The van der Waals surface area contributed by atoms with E-state index in [0.29, 0.717) is 35.8 Å². The van der Waals surface area contributed by atoms with E-state index in [9.17, 15) is 14.7 Å². The zero-order valence-corrected chi connectivity index (χ0v) is 34.1. The Morgan fingerprint density at radius 1 is 0.769 bits per heavy atom. The lowest BCUT2D eigenvalue weighted by Gasteiger charge is -2.59. The molecule has 0 amide bonds. The molecule has 0 spiro atoms.